The van der Waals surface area contributed by atoms with Crippen LogP contribution in [0.5, 0.6) is 0 Å². The van der Waals surface area contributed by atoms with Crippen LogP contribution >= 0.6 is 0 Å². The number of hydrogen-bond donors (Lipinski definition) is 1. The van der Waals surface area contributed by atoms with Crippen LogP contribution in [0.1, 0.15) is 26.7 Å². The molecule has 0 radical (unpaired) electrons. The molecular formula is C9H19NO. The van der Waals surface area contributed by atoms with E-state index in [0.29, 0.717) is 12.0 Å². The third-order valence-electron chi connectivity index (χ3n) is 2.52. The zero-order valence-corrected chi connectivity index (χ0v) is 7.75. The second-order valence-electron chi connectivity index (χ2n) is 3.94. The molecule has 0 saturated heterocycles. The Hall–Kier alpha value is -0.0800. The van der Waals surface area contributed by atoms with Gasteiger partial charge in [-0.05, 0) is 39.7 Å². The molecule has 0 bridgehead atoms. The van der Waals surface area contributed by atoms with Gasteiger partial charge in [0.1, 0.15) is 0 Å². The lowest BCUT2D eigenvalue weighted by Gasteiger charge is -2.23. The highest BCUT2D eigenvalue weighted by Crippen LogP contribution is 2.32. The second-order valence-corrected chi connectivity index (χ2v) is 3.94. The maximum absolute atomic E-state index is 9.57. The van der Waals surface area contributed by atoms with Gasteiger partial charge in [0, 0.05) is 12.6 Å². The highest BCUT2D eigenvalue weighted by Gasteiger charge is 2.30. The quantitative estimate of drug-likeness (QED) is 0.660. The first kappa shape index (κ1) is 9.01. The van der Waals surface area contributed by atoms with Crippen LogP contribution in [0.15, 0.2) is 0 Å². The molecule has 2 heteroatoms. The predicted molar refractivity (Wildman–Crippen MR) is 46.5 cm³/mol. The predicted octanol–water partition coefficient (Wildman–Crippen LogP) is 1.10. The molecule has 1 aliphatic carbocycles. The first-order chi connectivity index (χ1) is 5.11. The van der Waals surface area contributed by atoms with Crippen LogP contribution in [0.3, 0.4) is 0 Å². The maximum Gasteiger partial charge on any atom is 0.0695 e. The zero-order valence-electron chi connectivity index (χ0n) is 7.75. The number of rotatable bonds is 4. The lowest BCUT2D eigenvalue weighted by molar-refractivity contribution is 0.0945. The van der Waals surface area contributed by atoms with Gasteiger partial charge >= 0.3 is 0 Å². The smallest absolute Gasteiger partial charge is 0.0695 e. The molecular weight excluding hydrogens is 138 g/mol. The van der Waals surface area contributed by atoms with Gasteiger partial charge in [0.05, 0.1) is 6.10 Å². The van der Waals surface area contributed by atoms with Crippen LogP contribution < -0.4 is 0 Å². The van der Waals surface area contributed by atoms with Gasteiger partial charge in [-0.25, -0.2) is 0 Å². The Bertz CT molecular complexity index is 115. The zero-order chi connectivity index (χ0) is 8.43. The molecule has 66 valence electrons. The molecule has 0 aliphatic heterocycles. The highest BCUT2D eigenvalue weighted by atomic mass is 16.3. The van der Waals surface area contributed by atoms with Gasteiger partial charge in [-0.15, -0.1) is 0 Å². The van der Waals surface area contributed by atoms with E-state index in [4.69, 9.17) is 0 Å². The normalized spacial score (nSPS) is 21.3. The summed E-state index contributed by atoms with van der Waals surface area (Å²) in [6.45, 7) is 5.14. The van der Waals surface area contributed by atoms with Crippen molar-refractivity contribution in [3.63, 3.8) is 0 Å². The van der Waals surface area contributed by atoms with Crippen LogP contribution in [0.25, 0.3) is 0 Å². The Morgan fingerprint density at radius 3 is 2.36 bits per heavy atom. The third kappa shape index (κ3) is 2.80. The SMILES string of the molecule is CC(C)N(C)CC(O)C1CC1. The van der Waals surface area contributed by atoms with Crippen molar-refractivity contribution in [1.29, 1.82) is 0 Å². The van der Waals surface area contributed by atoms with Crippen molar-refractivity contribution in [3.8, 4) is 0 Å². The van der Waals surface area contributed by atoms with Crippen LogP contribution in [0, 0.1) is 5.92 Å². The number of hydrogen-bond acceptors (Lipinski definition) is 2. The molecule has 0 aromatic carbocycles. The Labute approximate surface area is 69.2 Å². The summed E-state index contributed by atoms with van der Waals surface area (Å²) < 4.78 is 0. The minimum absolute atomic E-state index is 0.0811. The molecule has 11 heavy (non-hydrogen) atoms. The van der Waals surface area contributed by atoms with Gasteiger partial charge in [-0.1, -0.05) is 0 Å². The van der Waals surface area contributed by atoms with E-state index >= 15 is 0 Å². The van der Waals surface area contributed by atoms with Gasteiger partial charge in [0.2, 0.25) is 0 Å². The van der Waals surface area contributed by atoms with Gasteiger partial charge in [-0.3, -0.25) is 0 Å². The van der Waals surface area contributed by atoms with Crippen molar-refractivity contribution in [2.75, 3.05) is 13.6 Å². The van der Waals surface area contributed by atoms with Crippen molar-refractivity contribution in [1.82, 2.24) is 4.90 Å². The fraction of sp³-hybridized carbons (Fsp3) is 1.00. The van der Waals surface area contributed by atoms with E-state index < -0.39 is 0 Å². The molecule has 0 heterocycles. The molecule has 1 N–H and O–H groups in total. The van der Waals surface area contributed by atoms with Crippen LogP contribution in [-0.2, 0) is 0 Å². The molecule has 1 rings (SSSR count). The van der Waals surface area contributed by atoms with E-state index in [1.807, 2.05) is 0 Å². The molecule has 1 atom stereocenters. The molecule has 0 aromatic heterocycles. The number of likely N-dealkylation sites (N-methyl/N-ethyl adjacent to an activating group) is 1. The van der Waals surface area contributed by atoms with E-state index in [-0.39, 0.29) is 6.10 Å². The van der Waals surface area contributed by atoms with E-state index in [1.54, 1.807) is 0 Å². The largest absolute Gasteiger partial charge is 0.392 e. The topological polar surface area (TPSA) is 23.5 Å². The van der Waals surface area contributed by atoms with E-state index in [9.17, 15) is 5.11 Å². The van der Waals surface area contributed by atoms with Crippen molar-refractivity contribution in [2.45, 2.75) is 38.8 Å². The van der Waals surface area contributed by atoms with Gasteiger partial charge in [0.15, 0.2) is 0 Å². The summed E-state index contributed by atoms with van der Waals surface area (Å²) in [6.07, 6.45) is 2.38. The summed E-state index contributed by atoms with van der Waals surface area (Å²) in [5.74, 6) is 0.608. The van der Waals surface area contributed by atoms with Crippen molar-refractivity contribution in [2.24, 2.45) is 5.92 Å². The van der Waals surface area contributed by atoms with Crippen LogP contribution in [0.2, 0.25) is 0 Å². The molecule has 1 unspecified atom stereocenters. The molecule has 1 fully saturated rings. The highest BCUT2D eigenvalue weighted by molar-refractivity contribution is 4.82. The average Bonchev–Trinajstić information content (AvgIpc) is 2.67. The van der Waals surface area contributed by atoms with Crippen molar-refractivity contribution >= 4 is 0 Å². The summed E-state index contributed by atoms with van der Waals surface area (Å²) in [7, 11) is 2.07. The van der Waals surface area contributed by atoms with Crippen molar-refractivity contribution < 1.29 is 5.11 Å². The summed E-state index contributed by atoms with van der Waals surface area (Å²) in [6, 6.07) is 0.545. The van der Waals surface area contributed by atoms with E-state index in [0.717, 1.165) is 6.54 Å². The van der Waals surface area contributed by atoms with E-state index in [1.165, 1.54) is 12.8 Å². The van der Waals surface area contributed by atoms with Gasteiger partial charge in [-0.2, -0.15) is 0 Å². The number of aliphatic hydroxyl groups is 1. The summed E-state index contributed by atoms with van der Waals surface area (Å²) in [5.41, 5.74) is 0. The van der Waals surface area contributed by atoms with Crippen LogP contribution in [0.4, 0.5) is 0 Å². The minimum Gasteiger partial charge on any atom is -0.392 e. The van der Waals surface area contributed by atoms with Crippen molar-refractivity contribution in [3.05, 3.63) is 0 Å². The fourth-order valence-corrected chi connectivity index (χ4v) is 1.14. The molecule has 0 spiro atoms. The molecule has 1 saturated carbocycles. The molecule has 1 aliphatic rings. The Balaban J connectivity index is 2.17. The maximum atomic E-state index is 9.57. The fourth-order valence-electron chi connectivity index (χ4n) is 1.14. The Morgan fingerprint density at radius 2 is 2.00 bits per heavy atom. The standard InChI is InChI=1S/C9H19NO/c1-7(2)10(3)6-9(11)8-4-5-8/h7-9,11H,4-6H2,1-3H3. The first-order valence-electron chi connectivity index (χ1n) is 4.49. The van der Waals surface area contributed by atoms with Gasteiger partial charge < -0.3 is 10.0 Å². The van der Waals surface area contributed by atoms with Crippen LogP contribution in [-0.4, -0.2) is 35.7 Å². The monoisotopic (exact) mass is 157 g/mol. The lowest BCUT2D eigenvalue weighted by Crippen LogP contribution is -2.35. The number of aliphatic hydroxyl groups excluding tert-OH is 1. The first-order valence-corrected chi connectivity index (χ1v) is 4.49. The Kier molecular flexibility index (Phi) is 2.90. The summed E-state index contributed by atoms with van der Waals surface area (Å²) in [5, 5.41) is 9.57. The van der Waals surface area contributed by atoms with E-state index in [2.05, 4.69) is 25.8 Å². The summed E-state index contributed by atoms with van der Waals surface area (Å²) >= 11 is 0. The Morgan fingerprint density at radius 1 is 1.45 bits per heavy atom. The third-order valence-corrected chi connectivity index (χ3v) is 2.52. The molecule has 0 aromatic rings. The molecule has 2 nitrogen and oxygen atoms in total. The molecule has 0 amide bonds. The van der Waals surface area contributed by atoms with Gasteiger partial charge in [0.25, 0.3) is 0 Å². The minimum atomic E-state index is -0.0811. The summed E-state index contributed by atoms with van der Waals surface area (Å²) in [4.78, 5) is 2.20. The average molecular weight is 157 g/mol. The number of nitrogens with zero attached hydrogens (tertiary/aromatic N) is 1. The lowest BCUT2D eigenvalue weighted by atomic mass is 10.2. The second kappa shape index (κ2) is 3.55.